The van der Waals surface area contributed by atoms with Crippen molar-refractivity contribution in [3.63, 3.8) is 0 Å². The van der Waals surface area contributed by atoms with Crippen LogP contribution >= 0.6 is 0 Å². The molecule has 0 aliphatic carbocycles. The van der Waals surface area contributed by atoms with Gasteiger partial charge < -0.3 is 4.90 Å². The van der Waals surface area contributed by atoms with Crippen LogP contribution in [0, 0.1) is 0 Å². The number of amides is 3. The fourth-order valence-corrected chi connectivity index (χ4v) is 1.26. The zero-order valence-electron chi connectivity index (χ0n) is 10.6. The first kappa shape index (κ1) is 16.7. The van der Waals surface area contributed by atoms with E-state index in [1.807, 2.05) is 13.8 Å². The molecule has 4 nitrogen and oxygen atoms in total. The van der Waals surface area contributed by atoms with Crippen molar-refractivity contribution in [1.29, 1.82) is 0 Å². The molecule has 7 heteroatoms. The summed E-state index contributed by atoms with van der Waals surface area (Å²) in [4.78, 5) is 23.4. The fourth-order valence-electron chi connectivity index (χ4n) is 1.26. The third-order valence-electron chi connectivity index (χ3n) is 2.33. The molecule has 0 saturated carbocycles. The minimum absolute atomic E-state index is 0.355. The molecule has 0 fully saturated rings. The summed E-state index contributed by atoms with van der Waals surface area (Å²) in [6.45, 7) is 4.54. The Balaban J connectivity index is 4.40. The summed E-state index contributed by atoms with van der Waals surface area (Å²) in [6.07, 6.45) is -2.00. The second-order valence-corrected chi connectivity index (χ2v) is 3.95. The van der Waals surface area contributed by atoms with E-state index in [0.717, 1.165) is 12.8 Å². The molecule has 1 N–H and O–H groups in total. The van der Waals surface area contributed by atoms with E-state index in [-0.39, 0.29) is 0 Å². The lowest BCUT2D eigenvalue weighted by Gasteiger charge is -2.22. The van der Waals surface area contributed by atoms with E-state index in [2.05, 4.69) is 0 Å². The summed E-state index contributed by atoms with van der Waals surface area (Å²) in [7, 11) is 0. The summed E-state index contributed by atoms with van der Waals surface area (Å²) in [5.41, 5.74) is 0. The molecule has 0 rings (SSSR count). The number of hydrogen-bond acceptors (Lipinski definition) is 2. The molecule has 0 aromatic carbocycles. The smallest absolute Gasteiger partial charge is 0.324 e. The quantitative estimate of drug-likeness (QED) is 0.805. The topological polar surface area (TPSA) is 49.4 Å². The van der Waals surface area contributed by atoms with Gasteiger partial charge in [0.1, 0.15) is 0 Å². The van der Waals surface area contributed by atoms with Crippen molar-refractivity contribution in [3.05, 3.63) is 0 Å². The second-order valence-electron chi connectivity index (χ2n) is 3.95. The standard InChI is InChI=1S/C11H19F3N2O2/c1-3-5-7-16(8-6-4-2)10(18)15-9(17)11(12,13)14/h3-8H2,1-2H3,(H,15,17,18). The maximum Gasteiger partial charge on any atom is 0.471 e. The molecule has 18 heavy (non-hydrogen) atoms. The number of alkyl halides is 3. The maximum atomic E-state index is 12.0. The summed E-state index contributed by atoms with van der Waals surface area (Å²) in [5.74, 6) is -2.22. The number of urea groups is 1. The lowest BCUT2D eigenvalue weighted by atomic mass is 10.3. The first-order chi connectivity index (χ1) is 8.32. The summed E-state index contributed by atoms with van der Waals surface area (Å²) < 4.78 is 36.0. The van der Waals surface area contributed by atoms with Crippen molar-refractivity contribution in [3.8, 4) is 0 Å². The average molecular weight is 268 g/mol. The third kappa shape index (κ3) is 6.46. The number of nitrogens with one attached hydrogen (secondary N) is 1. The van der Waals surface area contributed by atoms with Gasteiger partial charge in [0.2, 0.25) is 0 Å². The van der Waals surface area contributed by atoms with Crippen LogP contribution < -0.4 is 5.32 Å². The van der Waals surface area contributed by atoms with Crippen LogP contribution in [-0.4, -0.2) is 36.1 Å². The lowest BCUT2D eigenvalue weighted by Crippen LogP contribution is -2.48. The molecule has 0 radical (unpaired) electrons. The van der Waals surface area contributed by atoms with Crippen molar-refractivity contribution in [2.45, 2.75) is 45.7 Å². The van der Waals surface area contributed by atoms with Crippen LogP contribution in [-0.2, 0) is 4.79 Å². The number of nitrogens with zero attached hydrogens (tertiary/aromatic N) is 1. The van der Waals surface area contributed by atoms with Gasteiger partial charge in [-0.15, -0.1) is 0 Å². The second kappa shape index (κ2) is 7.94. The van der Waals surface area contributed by atoms with E-state index in [4.69, 9.17) is 0 Å². The van der Waals surface area contributed by atoms with Crippen LogP contribution in [0.2, 0.25) is 0 Å². The molecule has 0 bridgehead atoms. The van der Waals surface area contributed by atoms with Crippen LogP contribution in [0.1, 0.15) is 39.5 Å². The van der Waals surface area contributed by atoms with E-state index in [1.54, 1.807) is 0 Å². The molecular weight excluding hydrogens is 249 g/mol. The average Bonchev–Trinajstić information content (AvgIpc) is 2.27. The molecular formula is C11H19F3N2O2. The number of carbonyl (C=O) groups is 2. The van der Waals surface area contributed by atoms with Crippen molar-refractivity contribution >= 4 is 11.9 Å². The molecule has 0 aliphatic heterocycles. The fraction of sp³-hybridized carbons (Fsp3) is 0.818. The third-order valence-corrected chi connectivity index (χ3v) is 2.33. The Morgan fingerprint density at radius 1 is 1.06 bits per heavy atom. The summed E-state index contributed by atoms with van der Waals surface area (Å²) in [5, 5.41) is 1.36. The van der Waals surface area contributed by atoms with Crippen LogP contribution in [0.3, 0.4) is 0 Å². The molecule has 0 heterocycles. The normalized spacial score (nSPS) is 11.2. The van der Waals surface area contributed by atoms with E-state index in [1.165, 1.54) is 10.2 Å². The van der Waals surface area contributed by atoms with Gasteiger partial charge >= 0.3 is 18.1 Å². The first-order valence-electron chi connectivity index (χ1n) is 6.00. The van der Waals surface area contributed by atoms with Gasteiger partial charge in [-0.25, -0.2) is 4.79 Å². The molecule has 0 aromatic heterocycles. The molecule has 0 atom stereocenters. The number of imide groups is 1. The number of hydrogen-bond donors (Lipinski definition) is 1. The highest BCUT2D eigenvalue weighted by molar-refractivity contribution is 5.97. The number of carbonyl (C=O) groups excluding carboxylic acids is 2. The Kier molecular flexibility index (Phi) is 7.38. The Hall–Kier alpha value is -1.27. The molecule has 106 valence electrons. The highest BCUT2D eigenvalue weighted by Gasteiger charge is 2.40. The molecule has 0 aromatic rings. The van der Waals surface area contributed by atoms with Gasteiger partial charge in [-0.2, -0.15) is 13.2 Å². The largest absolute Gasteiger partial charge is 0.471 e. The Bertz CT molecular complexity index is 272. The molecule has 0 unspecified atom stereocenters. The predicted molar refractivity (Wildman–Crippen MR) is 61.0 cm³/mol. The Morgan fingerprint density at radius 3 is 1.83 bits per heavy atom. The van der Waals surface area contributed by atoms with E-state index in [9.17, 15) is 22.8 Å². The summed E-state index contributed by atoms with van der Waals surface area (Å²) in [6, 6.07) is -0.973. The maximum absolute atomic E-state index is 12.0. The first-order valence-corrected chi connectivity index (χ1v) is 6.00. The number of halogens is 3. The van der Waals surface area contributed by atoms with Crippen molar-refractivity contribution < 1.29 is 22.8 Å². The van der Waals surface area contributed by atoms with Gasteiger partial charge in [-0.05, 0) is 12.8 Å². The van der Waals surface area contributed by atoms with Crippen LogP contribution in [0.5, 0.6) is 0 Å². The van der Waals surface area contributed by atoms with E-state index >= 15 is 0 Å². The van der Waals surface area contributed by atoms with Crippen LogP contribution in [0.4, 0.5) is 18.0 Å². The highest BCUT2D eigenvalue weighted by Crippen LogP contribution is 2.14. The lowest BCUT2D eigenvalue weighted by molar-refractivity contribution is -0.172. The van der Waals surface area contributed by atoms with Gasteiger partial charge in [0.25, 0.3) is 0 Å². The molecule has 0 saturated heterocycles. The van der Waals surface area contributed by atoms with Crippen molar-refractivity contribution in [2.75, 3.05) is 13.1 Å². The van der Waals surface area contributed by atoms with Gasteiger partial charge in [-0.3, -0.25) is 10.1 Å². The minimum Gasteiger partial charge on any atom is -0.324 e. The van der Waals surface area contributed by atoms with Crippen molar-refractivity contribution in [2.24, 2.45) is 0 Å². The van der Waals surface area contributed by atoms with Gasteiger partial charge in [0.15, 0.2) is 0 Å². The predicted octanol–water partition coefficient (Wildman–Crippen LogP) is 2.69. The highest BCUT2D eigenvalue weighted by atomic mass is 19.4. The van der Waals surface area contributed by atoms with E-state index < -0.39 is 18.1 Å². The zero-order chi connectivity index (χ0) is 14.2. The SMILES string of the molecule is CCCCN(CCCC)C(=O)NC(=O)C(F)(F)F. The summed E-state index contributed by atoms with van der Waals surface area (Å²) >= 11 is 0. The van der Waals surface area contributed by atoms with Crippen LogP contribution in [0.15, 0.2) is 0 Å². The number of rotatable bonds is 6. The number of unbranched alkanes of at least 4 members (excludes halogenated alkanes) is 2. The molecule has 0 spiro atoms. The van der Waals surface area contributed by atoms with Crippen molar-refractivity contribution in [1.82, 2.24) is 10.2 Å². The van der Waals surface area contributed by atoms with Gasteiger partial charge in [-0.1, -0.05) is 26.7 Å². The van der Waals surface area contributed by atoms with Gasteiger partial charge in [0.05, 0.1) is 0 Å². The Labute approximate surface area is 105 Å². The minimum atomic E-state index is -5.03. The van der Waals surface area contributed by atoms with Crippen LogP contribution in [0.25, 0.3) is 0 Å². The molecule has 0 aliphatic rings. The monoisotopic (exact) mass is 268 g/mol. The van der Waals surface area contributed by atoms with E-state index in [0.29, 0.717) is 25.9 Å². The van der Waals surface area contributed by atoms with Gasteiger partial charge in [0, 0.05) is 13.1 Å². The molecule has 3 amide bonds. The zero-order valence-corrected chi connectivity index (χ0v) is 10.6. The Morgan fingerprint density at radius 2 is 1.50 bits per heavy atom.